The molecule has 0 aromatic heterocycles. The first-order valence-corrected chi connectivity index (χ1v) is 8.67. The van der Waals surface area contributed by atoms with Crippen LogP contribution in [-0.4, -0.2) is 22.1 Å². The Hall–Kier alpha value is -0.310. The van der Waals surface area contributed by atoms with E-state index in [0.29, 0.717) is 23.4 Å². The molecule has 2 aliphatic carbocycles. The Labute approximate surface area is 121 Å². The zero-order chi connectivity index (χ0) is 13.8. The average Bonchev–Trinajstić information content (AvgIpc) is 2.40. The van der Waals surface area contributed by atoms with E-state index in [1.165, 1.54) is 25.7 Å². The summed E-state index contributed by atoms with van der Waals surface area (Å²) >= 11 is 2.15. The smallest absolute Gasteiger partial charge is 0.132 e. The van der Waals surface area contributed by atoms with Gasteiger partial charge in [-0.1, -0.05) is 0 Å². The molecule has 0 atom stereocenters. The zero-order valence-corrected chi connectivity index (χ0v) is 13.0. The van der Waals surface area contributed by atoms with Gasteiger partial charge in [0, 0.05) is 22.3 Å². The van der Waals surface area contributed by atoms with E-state index in [1.807, 2.05) is 0 Å². The maximum Gasteiger partial charge on any atom is 0.132 e. The Bertz CT molecular complexity index is 292. The summed E-state index contributed by atoms with van der Waals surface area (Å²) in [6.07, 6.45) is 9.21. The third kappa shape index (κ3) is 4.34. The van der Waals surface area contributed by atoms with Crippen molar-refractivity contribution in [3.63, 3.8) is 0 Å². The third-order valence-corrected chi connectivity index (χ3v) is 6.60. The van der Waals surface area contributed by atoms with Gasteiger partial charge in [-0.25, -0.2) is 0 Å². The van der Waals surface area contributed by atoms with E-state index < -0.39 is 0 Å². The molecule has 0 heterocycles. The van der Waals surface area contributed by atoms with E-state index in [4.69, 9.17) is 0 Å². The molecule has 0 N–H and O–H groups in total. The summed E-state index contributed by atoms with van der Waals surface area (Å²) in [4.78, 5) is 22.7. The predicted molar refractivity (Wildman–Crippen MR) is 80.4 cm³/mol. The third-order valence-electron chi connectivity index (χ3n) is 4.88. The highest BCUT2D eigenvalue weighted by Gasteiger charge is 2.29. The fourth-order valence-corrected chi connectivity index (χ4v) is 5.12. The van der Waals surface area contributed by atoms with Crippen molar-refractivity contribution in [2.24, 2.45) is 11.8 Å². The zero-order valence-electron chi connectivity index (χ0n) is 12.2. The normalized spacial score (nSPS) is 35.9. The molecule has 108 valence electrons. The van der Waals surface area contributed by atoms with Crippen molar-refractivity contribution in [2.75, 3.05) is 0 Å². The second-order valence-electron chi connectivity index (χ2n) is 6.30. The topological polar surface area (TPSA) is 34.1 Å². The van der Waals surface area contributed by atoms with Crippen molar-refractivity contribution in [2.45, 2.75) is 75.7 Å². The molecule has 0 unspecified atom stereocenters. The Morgan fingerprint density at radius 3 is 1.26 bits per heavy atom. The summed E-state index contributed by atoms with van der Waals surface area (Å²) in [7, 11) is 0. The number of ketones is 2. The lowest BCUT2D eigenvalue weighted by Gasteiger charge is -2.32. The molecule has 2 saturated carbocycles. The van der Waals surface area contributed by atoms with Crippen LogP contribution < -0.4 is 0 Å². The molecule has 0 saturated heterocycles. The number of hydrogen-bond acceptors (Lipinski definition) is 3. The van der Waals surface area contributed by atoms with Gasteiger partial charge in [-0.3, -0.25) is 9.59 Å². The van der Waals surface area contributed by atoms with Crippen LogP contribution >= 0.6 is 11.8 Å². The van der Waals surface area contributed by atoms with Crippen LogP contribution in [-0.2, 0) is 9.59 Å². The van der Waals surface area contributed by atoms with Gasteiger partial charge in [0.15, 0.2) is 0 Å². The van der Waals surface area contributed by atoms with Crippen molar-refractivity contribution < 1.29 is 9.59 Å². The van der Waals surface area contributed by atoms with E-state index in [1.54, 1.807) is 13.8 Å². The Morgan fingerprint density at radius 2 is 1.00 bits per heavy atom. The fraction of sp³-hybridized carbons (Fsp3) is 0.875. The van der Waals surface area contributed by atoms with Gasteiger partial charge in [0.25, 0.3) is 0 Å². The van der Waals surface area contributed by atoms with Gasteiger partial charge in [0.05, 0.1) is 0 Å². The van der Waals surface area contributed by atoms with Crippen LogP contribution in [0.4, 0.5) is 0 Å². The van der Waals surface area contributed by atoms with E-state index in [9.17, 15) is 9.59 Å². The quantitative estimate of drug-likeness (QED) is 0.781. The lowest BCUT2D eigenvalue weighted by atomic mass is 9.86. The highest BCUT2D eigenvalue weighted by Crippen LogP contribution is 2.40. The summed E-state index contributed by atoms with van der Waals surface area (Å²) in [5, 5.41) is 1.52. The summed E-state index contributed by atoms with van der Waals surface area (Å²) in [6, 6.07) is 0. The van der Waals surface area contributed by atoms with Gasteiger partial charge < -0.3 is 0 Å². The van der Waals surface area contributed by atoms with E-state index >= 15 is 0 Å². The maximum atomic E-state index is 11.4. The second-order valence-corrected chi connectivity index (χ2v) is 7.91. The lowest BCUT2D eigenvalue weighted by Crippen LogP contribution is -2.26. The van der Waals surface area contributed by atoms with Crippen LogP contribution in [0.3, 0.4) is 0 Å². The van der Waals surface area contributed by atoms with Crippen LogP contribution in [0.15, 0.2) is 0 Å². The molecule has 19 heavy (non-hydrogen) atoms. The minimum absolute atomic E-state index is 0.338. The molecule has 0 aliphatic heterocycles. The van der Waals surface area contributed by atoms with Crippen LogP contribution in [0.25, 0.3) is 0 Å². The number of carbonyl (C=O) groups excluding carboxylic acids is 2. The molecule has 0 bridgehead atoms. The number of hydrogen-bond donors (Lipinski definition) is 0. The SMILES string of the molecule is CC(=O)C1CCC(SC2CCC(C(C)=O)CC2)CC1. The molecular weight excluding hydrogens is 256 g/mol. The van der Waals surface area contributed by atoms with Gasteiger partial charge >= 0.3 is 0 Å². The summed E-state index contributed by atoms with van der Waals surface area (Å²) in [5.74, 6) is 1.44. The second kappa shape index (κ2) is 6.92. The van der Waals surface area contributed by atoms with Gasteiger partial charge in [-0.15, -0.1) is 0 Å². The molecule has 0 spiro atoms. The summed E-state index contributed by atoms with van der Waals surface area (Å²) < 4.78 is 0. The molecule has 0 radical (unpaired) electrons. The molecule has 0 amide bonds. The van der Waals surface area contributed by atoms with Crippen molar-refractivity contribution in [3.8, 4) is 0 Å². The van der Waals surface area contributed by atoms with Crippen molar-refractivity contribution in [1.82, 2.24) is 0 Å². The monoisotopic (exact) mass is 282 g/mol. The standard InChI is InChI=1S/C16H26O2S/c1-11(17)13-3-7-15(8-4-13)19-16-9-5-14(6-10-16)12(2)18/h13-16H,3-10H2,1-2H3. The number of carbonyl (C=O) groups is 2. The average molecular weight is 282 g/mol. The predicted octanol–water partition coefficient (Wildman–Crippen LogP) is 4.02. The van der Waals surface area contributed by atoms with Gasteiger partial charge in [0.1, 0.15) is 11.6 Å². The van der Waals surface area contributed by atoms with Crippen LogP contribution in [0.5, 0.6) is 0 Å². The Kier molecular flexibility index (Phi) is 5.49. The number of Topliss-reactive ketones (excluding diaryl/α,β-unsaturated/α-hetero) is 2. The summed E-state index contributed by atoms with van der Waals surface area (Å²) in [5.41, 5.74) is 0. The fourth-order valence-electron chi connectivity index (χ4n) is 3.48. The van der Waals surface area contributed by atoms with E-state index in [0.717, 1.165) is 36.2 Å². The Balaban J connectivity index is 1.69. The maximum absolute atomic E-state index is 11.4. The largest absolute Gasteiger partial charge is 0.300 e. The lowest BCUT2D eigenvalue weighted by molar-refractivity contribution is -0.122. The van der Waals surface area contributed by atoms with Gasteiger partial charge in [0.2, 0.25) is 0 Å². The van der Waals surface area contributed by atoms with Crippen LogP contribution in [0.1, 0.15) is 65.2 Å². The molecule has 0 aromatic carbocycles. The van der Waals surface area contributed by atoms with Gasteiger partial charge in [-0.05, 0) is 65.2 Å². The molecule has 2 fully saturated rings. The molecule has 0 aromatic rings. The summed E-state index contributed by atoms with van der Waals surface area (Å²) in [6.45, 7) is 3.47. The van der Waals surface area contributed by atoms with Gasteiger partial charge in [-0.2, -0.15) is 11.8 Å². The van der Waals surface area contributed by atoms with E-state index in [2.05, 4.69) is 11.8 Å². The Morgan fingerprint density at radius 1 is 0.684 bits per heavy atom. The van der Waals surface area contributed by atoms with E-state index in [-0.39, 0.29) is 0 Å². The molecule has 2 rings (SSSR count). The van der Waals surface area contributed by atoms with Crippen LogP contribution in [0.2, 0.25) is 0 Å². The first-order chi connectivity index (χ1) is 9.06. The van der Waals surface area contributed by atoms with Crippen molar-refractivity contribution in [3.05, 3.63) is 0 Å². The first kappa shape index (κ1) is 15.1. The number of rotatable bonds is 4. The minimum atomic E-state index is 0.338. The van der Waals surface area contributed by atoms with Crippen molar-refractivity contribution in [1.29, 1.82) is 0 Å². The first-order valence-electron chi connectivity index (χ1n) is 7.72. The molecule has 3 heteroatoms. The molecular formula is C16H26O2S. The molecule has 2 aliphatic rings. The highest BCUT2D eigenvalue weighted by molar-refractivity contribution is 8.00. The molecule has 2 nitrogen and oxygen atoms in total. The van der Waals surface area contributed by atoms with Crippen molar-refractivity contribution >= 4 is 23.3 Å². The highest BCUT2D eigenvalue weighted by atomic mass is 32.2. The minimum Gasteiger partial charge on any atom is -0.300 e. The van der Waals surface area contributed by atoms with Crippen LogP contribution in [0, 0.1) is 11.8 Å². The number of thioether (sulfide) groups is 1.